The number of carbonyl (C=O) groups is 3. The van der Waals surface area contributed by atoms with Crippen LogP contribution in [0.25, 0.3) is 10.9 Å². The van der Waals surface area contributed by atoms with E-state index < -0.39 is 12.1 Å². The van der Waals surface area contributed by atoms with Crippen molar-refractivity contribution < 1.29 is 14.4 Å². The van der Waals surface area contributed by atoms with Crippen LogP contribution >= 0.6 is 0 Å². The molecule has 4 amide bonds. The van der Waals surface area contributed by atoms with Crippen molar-refractivity contribution in [2.24, 2.45) is 0 Å². The number of hydrogen-bond acceptors (Lipinski definition) is 3. The van der Waals surface area contributed by atoms with Gasteiger partial charge in [0.25, 0.3) is 5.91 Å². The molecule has 4 rings (SSSR count). The Hall–Kier alpha value is -3.61. The van der Waals surface area contributed by atoms with Gasteiger partial charge in [0.1, 0.15) is 6.04 Å². The first-order chi connectivity index (χ1) is 14.6. The Morgan fingerprint density at radius 1 is 1.03 bits per heavy atom. The predicted octanol–water partition coefficient (Wildman–Crippen LogP) is 2.73. The van der Waals surface area contributed by atoms with Crippen LogP contribution in [0.2, 0.25) is 0 Å². The van der Waals surface area contributed by atoms with Crippen molar-refractivity contribution in [3.05, 3.63) is 71.9 Å². The number of carbonyl (C=O) groups excluding carboxylic acids is 3. The van der Waals surface area contributed by atoms with Gasteiger partial charge in [0.2, 0.25) is 5.91 Å². The molecule has 7 heteroatoms. The minimum Gasteiger partial charge on any atom is -0.361 e. The second-order valence-corrected chi connectivity index (χ2v) is 7.40. The van der Waals surface area contributed by atoms with Crippen LogP contribution in [-0.4, -0.2) is 40.3 Å². The molecule has 2 aromatic carbocycles. The average molecular weight is 404 g/mol. The number of H-pyrrole nitrogens is 1. The molecule has 0 aliphatic carbocycles. The summed E-state index contributed by atoms with van der Waals surface area (Å²) in [5.74, 6) is -0.408. The van der Waals surface area contributed by atoms with Gasteiger partial charge < -0.3 is 15.6 Å². The number of aromatic nitrogens is 1. The second-order valence-electron chi connectivity index (χ2n) is 7.40. The Bertz CT molecular complexity index is 1060. The molecule has 154 valence electrons. The van der Waals surface area contributed by atoms with E-state index in [4.69, 9.17) is 0 Å². The van der Waals surface area contributed by atoms with E-state index in [0.717, 1.165) is 22.0 Å². The van der Waals surface area contributed by atoms with Crippen molar-refractivity contribution in [3.8, 4) is 0 Å². The molecular weight excluding hydrogens is 380 g/mol. The fourth-order valence-corrected chi connectivity index (χ4v) is 3.72. The van der Waals surface area contributed by atoms with Gasteiger partial charge in [-0.05, 0) is 30.0 Å². The van der Waals surface area contributed by atoms with Crippen molar-refractivity contribution in [1.29, 1.82) is 0 Å². The van der Waals surface area contributed by atoms with Crippen LogP contribution in [0.15, 0.2) is 60.8 Å². The molecule has 1 saturated heterocycles. The molecule has 1 aliphatic heterocycles. The van der Waals surface area contributed by atoms with Crippen molar-refractivity contribution >= 4 is 28.7 Å². The maximum atomic E-state index is 12.6. The minimum absolute atomic E-state index is 0.141. The number of benzene rings is 2. The lowest BCUT2D eigenvalue weighted by Crippen LogP contribution is -2.33. The van der Waals surface area contributed by atoms with E-state index in [-0.39, 0.29) is 24.7 Å². The summed E-state index contributed by atoms with van der Waals surface area (Å²) in [6.45, 7) is 0.755. The minimum atomic E-state index is -0.650. The monoisotopic (exact) mass is 404 g/mol. The number of urea groups is 1. The number of amides is 4. The molecule has 1 atom stereocenters. The van der Waals surface area contributed by atoms with Crippen molar-refractivity contribution in [1.82, 2.24) is 20.5 Å². The summed E-state index contributed by atoms with van der Waals surface area (Å²) < 4.78 is 0. The number of aromatic amines is 1. The lowest BCUT2D eigenvalue weighted by atomic mass is 10.1. The number of nitrogens with one attached hydrogen (secondary N) is 3. The Kier molecular flexibility index (Phi) is 5.79. The van der Waals surface area contributed by atoms with Crippen molar-refractivity contribution in [2.75, 3.05) is 6.54 Å². The fourth-order valence-electron chi connectivity index (χ4n) is 3.72. The number of imide groups is 1. The Morgan fingerprint density at radius 3 is 2.63 bits per heavy atom. The molecule has 0 bridgehead atoms. The summed E-state index contributed by atoms with van der Waals surface area (Å²) in [4.78, 5) is 41.4. The number of para-hydroxylation sites is 1. The largest absolute Gasteiger partial charge is 0.361 e. The molecule has 1 unspecified atom stereocenters. The summed E-state index contributed by atoms with van der Waals surface area (Å²) >= 11 is 0. The molecule has 0 radical (unpaired) electrons. The molecule has 3 N–H and O–H groups in total. The molecule has 2 heterocycles. The molecular formula is C23H24N4O3. The van der Waals surface area contributed by atoms with E-state index in [2.05, 4.69) is 15.6 Å². The van der Waals surface area contributed by atoms with Gasteiger partial charge in [-0.1, -0.05) is 48.5 Å². The Labute approximate surface area is 174 Å². The molecule has 30 heavy (non-hydrogen) atoms. The summed E-state index contributed by atoms with van der Waals surface area (Å²) in [6.07, 6.45) is 2.96. The summed E-state index contributed by atoms with van der Waals surface area (Å²) in [5.41, 5.74) is 3.11. The quantitative estimate of drug-likeness (QED) is 0.504. The smallest absolute Gasteiger partial charge is 0.324 e. The zero-order chi connectivity index (χ0) is 20.9. The van der Waals surface area contributed by atoms with Gasteiger partial charge in [-0.15, -0.1) is 0 Å². The number of fused-ring (bicyclic) bond motifs is 1. The van der Waals surface area contributed by atoms with Gasteiger partial charge in [0.05, 0.1) is 0 Å². The molecule has 3 aromatic rings. The van der Waals surface area contributed by atoms with E-state index in [9.17, 15) is 14.4 Å². The third-order valence-corrected chi connectivity index (χ3v) is 5.38. The van der Waals surface area contributed by atoms with Gasteiger partial charge in [-0.25, -0.2) is 4.79 Å². The normalized spacial score (nSPS) is 16.1. The van der Waals surface area contributed by atoms with Crippen LogP contribution in [0.1, 0.15) is 24.0 Å². The molecule has 7 nitrogen and oxygen atoms in total. The zero-order valence-electron chi connectivity index (χ0n) is 16.6. The Morgan fingerprint density at radius 2 is 1.80 bits per heavy atom. The highest BCUT2D eigenvalue weighted by atomic mass is 16.2. The molecule has 0 saturated carbocycles. The van der Waals surface area contributed by atoms with Gasteiger partial charge in [-0.2, -0.15) is 0 Å². The number of hydrogen-bond donors (Lipinski definition) is 3. The number of nitrogens with zero attached hydrogens (tertiary/aromatic N) is 1. The van der Waals surface area contributed by atoms with E-state index in [0.29, 0.717) is 19.5 Å². The maximum absolute atomic E-state index is 12.6. The van der Waals surface area contributed by atoms with E-state index in [1.807, 2.05) is 60.8 Å². The highest BCUT2D eigenvalue weighted by Crippen LogP contribution is 2.19. The first-order valence-corrected chi connectivity index (χ1v) is 10.1. The fraction of sp³-hybridized carbons (Fsp3) is 0.261. The Balaban J connectivity index is 1.26. The third kappa shape index (κ3) is 4.35. The van der Waals surface area contributed by atoms with Gasteiger partial charge in [-0.3, -0.25) is 14.5 Å². The highest BCUT2D eigenvalue weighted by Gasteiger charge is 2.37. The van der Waals surface area contributed by atoms with Crippen LogP contribution in [0.4, 0.5) is 4.79 Å². The topological polar surface area (TPSA) is 94.3 Å². The van der Waals surface area contributed by atoms with Crippen LogP contribution in [0, 0.1) is 0 Å². The summed E-state index contributed by atoms with van der Waals surface area (Å²) in [7, 11) is 0. The molecule has 1 fully saturated rings. The lowest BCUT2D eigenvalue weighted by molar-refractivity contribution is -0.127. The second kappa shape index (κ2) is 8.82. The summed E-state index contributed by atoms with van der Waals surface area (Å²) in [5, 5.41) is 6.63. The van der Waals surface area contributed by atoms with Crippen LogP contribution < -0.4 is 10.6 Å². The standard InChI is InChI=1S/C23H24N4O3/c28-21(25-14-16-6-2-1-3-7-16)11-10-20-22(29)27(23(30)26-20)13-12-17-15-24-19-9-5-4-8-18(17)19/h1-9,15,20,24H,10-14H2,(H,25,28)(H,26,30). The zero-order valence-corrected chi connectivity index (χ0v) is 16.6. The van der Waals surface area contributed by atoms with Crippen LogP contribution in [0.3, 0.4) is 0 Å². The van der Waals surface area contributed by atoms with Crippen LogP contribution in [0.5, 0.6) is 0 Å². The first kappa shape index (κ1) is 19.7. The highest BCUT2D eigenvalue weighted by molar-refractivity contribution is 6.04. The SMILES string of the molecule is O=C(CCC1NC(=O)N(CCc2c[nH]c3ccccc23)C1=O)NCc1ccccc1. The maximum Gasteiger partial charge on any atom is 0.324 e. The number of rotatable bonds is 8. The molecule has 1 aromatic heterocycles. The first-order valence-electron chi connectivity index (χ1n) is 10.1. The summed E-state index contributed by atoms with van der Waals surface area (Å²) in [6, 6.07) is 16.5. The van der Waals surface area contributed by atoms with Crippen molar-refractivity contribution in [3.63, 3.8) is 0 Å². The van der Waals surface area contributed by atoms with E-state index >= 15 is 0 Å². The van der Waals surface area contributed by atoms with Crippen LogP contribution in [-0.2, 0) is 22.6 Å². The van der Waals surface area contributed by atoms with Gasteiger partial charge in [0.15, 0.2) is 0 Å². The van der Waals surface area contributed by atoms with E-state index in [1.165, 1.54) is 4.90 Å². The van der Waals surface area contributed by atoms with Crippen molar-refractivity contribution in [2.45, 2.75) is 31.8 Å². The predicted molar refractivity (Wildman–Crippen MR) is 114 cm³/mol. The molecule has 1 aliphatic rings. The lowest BCUT2D eigenvalue weighted by Gasteiger charge is -2.12. The van der Waals surface area contributed by atoms with Gasteiger partial charge >= 0.3 is 6.03 Å². The third-order valence-electron chi connectivity index (χ3n) is 5.38. The average Bonchev–Trinajstić information content (AvgIpc) is 3.30. The molecule has 0 spiro atoms. The van der Waals surface area contributed by atoms with Gasteiger partial charge in [0, 0.05) is 36.6 Å². The van der Waals surface area contributed by atoms with E-state index in [1.54, 1.807) is 0 Å².